The van der Waals surface area contributed by atoms with E-state index in [4.69, 9.17) is 25.8 Å². The van der Waals surface area contributed by atoms with Crippen molar-refractivity contribution in [1.29, 1.82) is 0 Å². The topological polar surface area (TPSA) is 82.1 Å². The number of carbonyl (C=O) groups is 3. The summed E-state index contributed by atoms with van der Waals surface area (Å²) >= 11 is 7.15. The van der Waals surface area contributed by atoms with Gasteiger partial charge >= 0.3 is 18.0 Å². The Labute approximate surface area is 420 Å². The maximum atomic E-state index is 15.1. The second-order valence-electron chi connectivity index (χ2n) is 19.7. The monoisotopic (exact) mass is 957 g/mol. The van der Waals surface area contributed by atoms with Gasteiger partial charge in [-0.25, -0.2) is 9.59 Å². The van der Waals surface area contributed by atoms with Crippen molar-refractivity contribution in [3.8, 4) is 11.1 Å². The molecule has 7 nitrogen and oxygen atoms in total. The van der Waals surface area contributed by atoms with E-state index in [1.807, 2.05) is 103 Å². The Morgan fingerprint density at radius 1 is 0.571 bits per heavy atom. The number of amides is 1. The lowest BCUT2D eigenvalue weighted by molar-refractivity contribution is -0.168. The molecule has 6 aromatic carbocycles. The molecule has 8 rings (SSSR count). The molecule has 0 bridgehead atoms. The summed E-state index contributed by atoms with van der Waals surface area (Å²) in [5.74, 6) is -1.31. The Morgan fingerprint density at radius 3 is 1.60 bits per heavy atom. The van der Waals surface area contributed by atoms with Crippen LogP contribution in [0, 0.1) is 0 Å². The van der Waals surface area contributed by atoms with Crippen LogP contribution in [0.25, 0.3) is 11.1 Å². The van der Waals surface area contributed by atoms with E-state index in [1.54, 1.807) is 19.9 Å². The van der Waals surface area contributed by atoms with E-state index < -0.39 is 41.7 Å². The SMILES string of the molecule is CN(C(=O)OCC1c2ccccc2-c2ccccc21)[C@@H](CC(=O)OC(c1ccccc1)(c1ccc(C2CCCCCCCCCCCCC2)cc1)c1ccccc1Cl)C(=O)OC(C)(C)c1ccccc1. The number of nitrogens with zero attached hydrogens (tertiary/aromatic N) is 1. The maximum absolute atomic E-state index is 15.1. The number of fused-ring (bicyclic) bond motifs is 3. The molecule has 2 aliphatic carbocycles. The highest BCUT2D eigenvalue weighted by Crippen LogP contribution is 2.46. The molecule has 2 atom stereocenters. The lowest BCUT2D eigenvalue weighted by Gasteiger charge is -2.37. The minimum Gasteiger partial charge on any atom is -0.453 e. The summed E-state index contributed by atoms with van der Waals surface area (Å²) in [7, 11) is 1.47. The number of benzene rings is 6. The number of hydrogen-bond donors (Lipinski definition) is 0. The third-order valence-corrected chi connectivity index (χ3v) is 15.0. The fourth-order valence-corrected chi connectivity index (χ4v) is 11.0. The van der Waals surface area contributed by atoms with E-state index in [9.17, 15) is 9.59 Å². The molecule has 0 aromatic heterocycles. The molecule has 364 valence electrons. The zero-order chi connectivity index (χ0) is 48.9. The number of ether oxygens (including phenoxy) is 3. The minimum atomic E-state index is -1.54. The quantitative estimate of drug-likeness (QED) is 0.0652. The lowest BCUT2D eigenvalue weighted by atomic mass is 9.78. The number of hydrogen-bond acceptors (Lipinski definition) is 6. The highest BCUT2D eigenvalue weighted by atomic mass is 35.5. The van der Waals surface area contributed by atoms with E-state index in [-0.39, 0.29) is 12.5 Å². The van der Waals surface area contributed by atoms with Crippen LogP contribution in [-0.2, 0) is 35.0 Å². The normalized spacial score (nSPS) is 16.3. The molecule has 0 aliphatic heterocycles. The van der Waals surface area contributed by atoms with Crippen molar-refractivity contribution in [2.24, 2.45) is 0 Å². The first kappa shape index (κ1) is 50.2. The van der Waals surface area contributed by atoms with E-state index in [2.05, 4.69) is 48.5 Å². The van der Waals surface area contributed by atoms with Gasteiger partial charge < -0.3 is 14.2 Å². The highest BCUT2D eigenvalue weighted by Gasteiger charge is 2.44. The summed E-state index contributed by atoms with van der Waals surface area (Å²) in [6.45, 7) is 3.60. The molecule has 70 heavy (non-hydrogen) atoms. The summed E-state index contributed by atoms with van der Waals surface area (Å²) in [4.78, 5) is 45.2. The Hall–Kier alpha value is -6.18. The minimum absolute atomic E-state index is 0.0272. The largest absolute Gasteiger partial charge is 0.453 e. The molecule has 0 spiro atoms. The van der Waals surface area contributed by atoms with Crippen LogP contribution in [0.4, 0.5) is 4.79 Å². The molecule has 0 heterocycles. The molecule has 1 unspecified atom stereocenters. The van der Waals surface area contributed by atoms with Crippen LogP contribution in [0.1, 0.15) is 155 Å². The molecule has 1 amide bonds. The number of carbonyl (C=O) groups excluding carboxylic acids is 3. The van der Waals surface area contributed by atoms with Crippen LogP contribution in [0.2, 0.25) is 5.02 Å². The average molecular weight is 959 g/mol. The van der Waals surface area contributed by atoms with Gasteiger partial charge in [-0.2, -0.15) is 0 Å². The Kier molecular flexibility index (Phi) is 16.9. The van der Waals surface area contributed by atoms with Gasteiger partial charge in [0.2, 0.25) is 0 Å². The Morgan fingerprint density at radius 2 is 1.04 bits per heavy atom. The van der Waals surface area contributed by atoms with Gasteiger partial charge in [0, 0.05) is 34.7 Å². The zero-order valence-corrected chi connectivity index (χ0v) is 41.9. The van der Waals surface area contributed by atoms with Gasteiger partial charge in [-0.05, 0) is 72.1 Å². The van der Waals surface area contributed by atoms with Crippen molar-refractivity contribution in [2.45, 2.75) is 133 Å². The first-order chi connectivity index (χ1) is 34.1. The molecule has 6 aromatic rings. The molecular weight excluding hydrogens is 890 g/mol. The fourth-order valence-electron chi connectivity index (χ4n) is 10.7. The highest BCUT2D eigenvalue weighted by molar-refractivity contribution is 6.31. The molecule has 8 heteroatoms. The van der Waals surface area contributed by atoms with Crippen molar-refractivity contribution < 1.29 is 28.6 Å². The fraction of sp³-hybridized carbons (Fsp3) is 0.371. The number of rotatable bonds is 13. The second kappa shape index (κ2) is 23.6. The van der Waals surface area contributed by atoms with E-state index >= 15 is 4.79 Å². The molecule has 1 fully saturated rings. The van der Waals surface area contributed by atoms with Crippen molar-refractivity contribution in [3.63, 3.8) is 0 Å². The first-order valence-corrected chi connectivity index (χ1v) is 25.9. The van der Waals surface area contributed by atoms with Crippen LogP contribution in [-0.4, -0.2) is 42.6 Å². The third-order valence-electron chi connectivity index (χ3n) is 14.6. The first-order valence-electron chi connectivity index (χ1n) is 25.6. The van der Waals surface area contributed by atoms with Crippen LogP contribution in [0.15, 0.2) is 158 Å². The van der Waals surface area contributed by atoms with Gasteiger partial charge in [0.25, 0.3) is 0 Å². The number of esters is 2. The molecule has 1 saturated carbocycles. The van der Waals surface area contributed by atoms with Crippen molar-refractivity contribution in [2.75, 3.05) is 13.7 Å². The summed E-state index contributed by atoms with van der Waals surface area (Å²) in [5.41, 5.74) is 5.62. The summed E-state index contributed by atoms with van der Waals surface area (Å²) in [6.07, 6.45) is 15.1. The van der Waals surface area contributed by atoms with Gasteiger partial charge in [0.15, 0.2) is 5.60 Å². The maximum Gasteiger partial charge on any atom is 0.410 e. The van der Waals surface area contributed by atoms with Crippen LogP contribution in [0.5, 0.6) is 0 Å². The molecule has 0 radical (unpaired) electrons. The van der Waals surface area contributed by atoms with Gasteiger partial charge in [-0.1, -0.05) is 234 Å². The molecule has 0 saturated heterocycles. The molecule has 0 N–H and O–H groups in total. The number of halogens is 1. The third kappa shape index (κ3) is 11.7. The van der Waals surface area contributed by atoms with Crippen LogP contribution < -0.4 is 0 Å². The Bertz CT molecular complexity index is 2610. The van der Waals surface area contributed by atoms with Crippen LogP contribution in [0.3, 0.4) is 0 Å². The Balaban J connectivity index is 1.11. The average Bonchev–Trinajstić information content (AvgIpc) is 3.70. The van der Waals surface area contributed by atoms with Gasteiger partial charge in [0.05, 0.1) is 6.42 Å². The predicted molar refractivity (Wildman–Crippen MR) is 280 cm³/mol. The molecular formula is C62H68ClNO6. The zero-order valence-electron chi connectivity index (χ0n) is 41.1. The van der Waals surface area contributed by atoms with Crippen molar-refractivity contribution in [1.82, 2.24) is 4.90 Å². The van der Waals surface area contributed by atoms with E-state index in [0.717, 1.165) is 45.6 Å². The standard InChI is InChI=1S/C62H68ClNO6/c1-61(2,47-29-17-13-18-30-47)70-59(66)57(64(3)60(67)68-44-54-52-35-23-21-33-50(52)51-34-22-24-36-53(51)54)43-58(65)69-62(48-31-19-14-20-32-48,55-37-25-26-38-56(55)63)49-41-39-46(40-42-49)45-27-15-11-9-7-5-4-6-8-10-12-16-28-45/h13-14,17-26,29-42,45,54,57H,4-12,15-16,27-28,43-44H2,1-3H3/t57-,62?/m0/s1. The van der Waals surface area contributed by atoms with E-state index in [0.29, 0.717) is 27.6 Å². The van der Waals surface area contributed by atoms with Gasteiger partial charge in [0.1, 0.15) is 18.2 Å². The summed E-state index contributed by atoms with van der Waals surface area (Å²) < 4.78 is 19.2. The summed E-state index contributed by atoms with van der Waals surface area (Å²) in [6, 6.07) is 49.7. The predicted octanol–water partition coefficient (Wildman–Crippen LogP) is 15.5. The van der Waals surface area contributed by atoms with Crippen molar-refractivity contribution >= 4 is 29.6 Å². The van der Waals surface area contributed by atoms with E-state index in [1.165, 1.54) is 83.2 Å². The van der Waals surface area contributed by atoms with Gasteiger partial charge in [-0.15, -0.1) is 0 Å². The number of likely N-dealkylation sites (N-methyl/N-ethyl adjacent to an activating group) is 1. The van der Waals surface area contributed by atoms with Gasteiger partial charge in [-0.3, -0.25) is 9.69 Å². The lowest BCUT2D eigenvalue weighted by Crippen LogP contribution is -2.48. The molecule has 2 aliphatic rings. The van der Waals surface area contributed by atoms with Crippen molar-refractivity contribution in [3.05, 3.63) is 202 Å². The van der Waals surface area contributed by atoms with Crippen LogP contribution >= 0.6 is 11.6 Å². The summed E-state index contributed by atoms with van der Waals surface area (Å²) in [5, 5.41) is 0.408. The second-order valence-corrected chi connectivity index (χ2v) is 20.1. The smallest absolute Gasteiger partial charge is 0.410 e.